The second kappa shape index (κ2) is 10.5. The monoisotopic (exact) mass is 440 g/mol. The van der Waals surface area contributed by atoms with Crippen molar-refractivity contribution in [3.63, 3.8) is 0 Å². The second-order valence-electron chi connectivity index (χ2n) is 8.43. The maximum absolute atomic E-state index is 13.0. The number of hydrogen-bond donors (Lipinski definition) is 0. The standard InChI is InChI=1S/C25H29FN2O4/c26-21-8-10-22(11-9-21)32-18-24(29)28-14-4-5-19(16-28)17-31-23-7-3-6-20(15-23)25(30)27-12-1-2-13-27/h3,6-11,15,19H,1-2,4-5,12-14,16-18H2. The molecule has 2 saturated heterocycles. The van der Waals surface area contributed by atoms with E-state index >= 15 is 0 Å². The van der Waals surface area contributed by atoms with Gasteiger partial charge in [0.2, 0.25) is 0 Å². The lowest BCUT2D eigenvalue weighted by molar-refractivity contribution is -0.135. The maximum atomic E-state index is 13.0. The smallest absolute Gasteiger partial charge is 0.260 e. The highest BCUT2D eigenvalue weighted by atomic mass is 19.1. The van der Waals surface area contributed by atoms with Gasteiger partial charge in [0.1, 0.15) is 17.3 Å². The summed E-state index contributed by atoms with van der Waals surface area (Å²) in [7, 11) is 0. The fourth-order valence-corrected chi connectivity index (χ4v) is 4.23. The van der Waals surface area contributed by atoms with Crippen molar-refractivity contribution in [3.05, 3.63) is 59.9 Å². The van der Waals surface area contributed by atoms with Gasteiger partial charge in [0, 0.05) is 37.7 Å². The normalized spacial score (nSPS) is 18.5. The van der Waals surface area contributed by atoms with Crippen LogP contribution in [0.3, 0.4) is 0 Å². The number of nitrogens with zero attached hydrogens (tertiary/aromatic N) is 2. The van der Waals surface area contributed by atoms with Crippen molar-refractivity contribution in [2.75, 3.05) is 39.4 Å². The van der Waals surface area contributed by atoms with Crippen molar-refractivity contribution >= 4 is 11.8 Å². The summed E-state index contributed by atoms with van der Waals surface area (Å²) in [5, 5.41) is 0. The molecule has 2 aliphatic rings. The first kappa shape index (κ1) is 22.1. The van der Waals surface area contributed by atoms with E-state index in [2.05, 4.69) is 0 Å². The van der Waals surface area contributed by atoms with Crippen molar-refractivity contribution in [2.24, 2.45) is 5.92 Å². The number of rotatable bonds is 7. The Bertz CT molecular complexity index is 928. The van der Waals surface area contributed by atoms with Crippen LogP contribution in [-0.2, 0) is 4.79 Å². The van der Waals surface area contributed by atoms with Crippen LogP contribution in [0.25, 0.3) is 0 Å². The molecule has 2 aromatic rings. The SMILES string of the molecule is O=C(COc1ccc(F)cc1)N1CCCC(COc2cccc(C(=O)N3CCCC3)c2)C1. The molecule has 0 saturated carbocycles. The van der Waals surface area contributed by atoms with E-state index in [1.165, 1.54) is 24.3 Å². The van der Waals surface area contributed by atoms with Gasteiger partial charge in [-0.2, -0.15) is 0 Å². The Kier molecular flexibility index (Phi) is 7.24. The molecular formula is C25H29FN2O4. The number of likely N-dealkylation sites (tertiary alicyclic amines) is 2. The second-order valence-corrected chi connectivity index (χ2v) is 8.43. The van der Waals surface area contributed by atoms with Gasteiger partial charge in [0.15, 0.2) is 6.61 Å². The molecule has 0 aromatic heterocycles. The number of piperidine rings is 1. The molecule has 2 heterocycles. The Morgan fingerprint density at radius 2 is 1.66 bits per heavy atom. The van der Waals surface area contributed by atoms with Crippen molar-refractivity contribution in [2.45, 2.75) is 25.7 Å². The Labute approximate surface area is 187 Å². The first-order valence-electron chi connectivity index (χ1n) is 11.3. The van der Waals surface area contributed by atoms with Gasteiger partial charge >= 0.3 is 0 Å². The minimum atomic E-state index is -0.339. The Morgan fingerprint density at radius 1 is 0.906 bits per heavy atom. The predicted molar refractivity (Wildman–Crippen MR) is 118 cm³/mol. The van der Waals surface area contributed by atoms with Gasteiger partial charge in [-0.3, -0.25) is 9.59 Å². The third-order valence-corrected chi connectivity index (χ3v) is 6.01. The minimum absolute atomic E-state index is 0.0588. The largest absolute Gasteiger partial charge is 0.493 e. The molecule has 0 N–H and O–H groups in total. The molecular weight excluding hydrogens is 411 g/mol. The number of carbonyl (C=O) groups is 2. The van der Waals surface area contributed by atoms with Crippen LogP contribution >= 0.6 is 0 Å². The highest BCUT2D eigenvalue weighted by Crippen LogP contribution is 2.21. The molecule has 6 nitrogen and oxygen atoms in total. The third kappa shape index (κ3) is 5.78. The zero-order valence-corrected chi connectivity index (χ0v) is 18.2. The van der Waals surface area contributed by atoms with Crippen LogP contribution in [0.5, 0.6) is 11.5 Å². The van der Waals surface area contributed by atoms with E-state index in [4.69, 9.17) is 9.47 Å². The van der Waals surface area contributed by atoms with Gasteiger partial charge in [-0.25, -0.2) is 4.39 Å². The van der Waals surface area contributed by atoms with E-state index in [9.17, 15) is 14.0 Å². The van der Waals surface area contributed by atoms with E-state index in [-0.39, 0.29) is 30.2 Å². The number of ether oxygens (including phenoxy) is 2. The van der Waals surface area contributed by atoms with Gasteiger partial charge < -0.3 is 19.3 Å². The van der Waals surface area contributed by atoms with E-state index in [1.54, 1.807) is 4.90 Å². The summed E-state index contributed by atoms with van der Waals surface area (Å²) in [6, 6.07) is 13.0. The Hall–Kier alpha value is -3.09. The molecule has 0 aliphatic carbocycles. The molecule has 2 aromatic carbocycles. The third-order valence-electron chi connectivity index (χ3n) is 6.01. The van der Waals surface area contributed by atoms with E-state index in [0.29, 0.717) is 36.8 Å². The molecule has 2 amide bonds. The van der Waals surface area contributed by atoms with E-state index in [1.807, 2.05) is 29.2 Å². The van der Waals surface area contributed by atoms with Crippen LogP contribution in [0.15, 0.2) is 48.5 Å². The van der Waals surface area contributed by atoms with Crippen molar-refractivity contribution < 1.29 is 23.5 Å². The number of halogens is 1. The summed E-state index contributed by atoms with van der Waals surface area (Å²) in [5.74, 6) is 1.00. The molecule has 170 valence electrons. The summed E-state index contributed by atoms with van der Waals surface area (Å²) in [5.41, 5.74) is 0.655. The molecule has 1 unspecified atom stereocenters. The predicted octanol–water partition coefficient (Wildman–Crippen LogP) is 3.76. The van der Waals surface area contributed by atoms with Crippen molar-refractivity contribution in [1.82, 2.24) is 9.80 Å². The first-order chi connectivity index (χ1) is 15.6. The van der Waals surface area contributed by atoms with Gasteiger partial charge in [-0.05, 0) is 68.1 Å². The van der Waals surface area contributed by atoms with Crippen molar-refractivity contribution in [3.8, 4) is 11.5 Å². The quantitative estimate of drug-likeness (QED) is 0.658. The van der Waals surface area contributed by atoms with E-state index < -0.39 is 0 Å². The number of hydrogen-bond acceptors (Lipinski definition) is 4. The Balaban J connectivity index is 1.26. The molecule has 32 heavy (non-hydrogen) atoms. The van der Waals surface area contributed by atoms with Crippen LogP contribution in [0.1, 0.15) is 36.0 Å². The van der Waals surface area contributed by atoms with Gasteiger partial charge in [0.25, 0.3) is 11.8 Å². The topological polar surface area (TPSA) is 59.1 Å². The molecule has 7 heteroatoms. The fourth-order valence-electron chi connectivity index (χ4n) is 4.23. The summed E-state index contributed by atoms with van der Waals surface area (Å²) in [6.45, 7) is 3.37. The number of amides is 2. The molecule has 0 radical (unpaired) electrons. The summed E-state index contributed by atoms with van der Waals surface area (Å²) in [4.78, 5) is 28.8. The zero-order valence-electron chi connectivity index (χ0n) is 18.2. The highest BCUT2D eigenvalue weighted by molar-refractivity contribution is 5.94. The summed E-state index contributed by atoms with van der Waals surface area (Å²) < 4.78 is 24.5. The van der Waals surface area contributed by atoms with Gasteiger partial charge in [-0.15, -0.1) is 0 Å². The molecule has 2 aliphatic heterocycles. The number of carbonyl (C=O) groups excluding carboxylic acids is 2. The molecule has 4 rings (SSSR count). The minimum Gasteiger partial charge on any atom is -0.493 e. The average molecular weight is 441 g/mol. The van der Waals surface area contributed by atoms with Gasteiger partial charge in [0.05, 0.1) is 6.61 Å². The van der Waals surface area contributed by atoms with E-state index in [0.717, 1.165) is 38.8 Å². The lowest BCUT2D eigenvalue weighted by atomic mass is 9.99. The van der Waals surface area contributed by atoms with Gasteiger partial charge in [-0.1, -0.05) is 6.07 Å². The lowest BCUT2D eigenvalue weighted by Crippen LogP contribution is -2.43. The highest BCUT2D eigenvalue weighted by Gasteiger charge is 2.25. The van der Waals surface area contributed by atoms with Crippen molar-refractivity contribution in [1.29, 1.82) is 0 Å². The van der Waals surface area contributed by atoms with Crippen LogP contribution in [-0.4, -0.2) is 61.0 Å². The number of benzene rings is 2. The van der Waals surface area contributed by atoms with Crippen LogP contribution in [0.2, 0.25) is 0 Å². The molecule has 1 atom stereocenters. The molecule has 0 spiro atoms. The maximum Gasteiger partial charge on any atom is 0.260 e. The van der Waals surface area contributed by atoms with Crippen LogP contribution in [0.4, 0.5) is 4.39 Å². The van der Waals surface area contributed by atoms with Crippen LogP contribution in [0, 0.1) is 11.7 Å². The molecule has 2 fully saturated rings. The lowest BCUT2D eigenvalue weighted by Gasteiger charge is -2.32. The summed E-state index contributed by atoms with van der Waals surface area (Å²) >= 11 is 0. The fraction of sp³-hybridized carbons (Fsp3) is 0.440. The average Bonchev–Trinajstić information content (AvgIpc) is 3.37. The first-order valence-corrected chi connectivity index (χ1v) is 11.3. The summed E-state index contributed by atoms with van der Waals surface area (Å²) in [6.07, 6.45) is 4.01. The van der Waals surface area contributed by atoms with Crippen LogP contribution < -0.4 is 9.47 Å². The molecule has 0 bridgehead atoms. The zero-order chi connectivity index (χ0) is 22.3. The Morgan fingerprint density at radius 3 is 2.44 bits per heavy atom.